The van der Waals surface area contributed by atoms with Gasteiger partial charge >= 0.3 is 0 Å². The van der Waals surface area contributed by atoms with Gasteiger partial charge in [-0.3, -0.25) is 4.98 Å². The van der Waals surface area contributed by atoms with E-state index in [4.69, 9.17) is 4.74 Å². The summed E-state index contributed by atoms with van der Waals surface area (Å²) in [5.41, 5.74) is 1.02. The smallest absolute Gasteiger partial charge is 0.183 e. The van der Waals surface area contributed by atoms with Crippen LogP contribution in [0.25, 0.3) is 0 Å². The van der Waals surface area contributed by atoms with Gasteiger partial charge in [0.1, 0.15) is 11.8 Å². The van der Waals surface area contributed by atoms with Gasteiger partial charge in [0.25, 0.3) is 0 Å². The molecule has 3 aromatic rings. The monoisotopic (exact) mass is 319 g/mol. The van der Waals surface area contributed by atoms with Crippen LogP contribution in [0.1, 0.15) is 11.4 Å². The average molecular weight is 319 g/mol. The van der Waals surface area contributed by atoms with Crippen LogP contribution < -0.4 is 4.74 Å². The fourth-order valence-corrected chi connectivity index (χ4v) is 2.80. The molecule has 3 rings (SSSR count). The van der Waals surface area contributed by atoms with Crippen molar-refractivity contribution < 1.29 is 4.74 Å². The topological polar surface area (TPSA) is 58.8 Å². The molecule has 0 bridgehead atoms. The zero-order valence-corrected chi connectivity index (χ0v) is 13.2. The van der Waals surface area contributed by atoms with Crippen LogP contribution >= 0.6 is 11.8 Å². The Bertz CT molecular complexity index is 860. The molecule has 1 aromatic carbocycles. The first-order valence-electron chi connectivity index (χ1n) is 6.99. The number of rotatable bonds is 4. The second kappa shape index (κ2) is 6.95. The molecule has 0 saturated heterocycles. The molecule has 0 aliphatic heterocycles. The van der Waals surface area contributed by atoms with E-state index in [9.17, 15) is 5.26 Å². The second-order valence-electron chi connectivity index (χ2n) is 4.73. The number of nitrogens with zero attached hydrogens (tertiary/aromatic N) is 3. The highest BCUT2D eigenvalue weighted by Gasteiger charge is 2.10. The van der Waals surface area contributed by atoms with Crippen molar-refractivity contribution in [1.82, 2.24) is 9.97 Å². The highest BCUT2D eigenvalue weighted by atomic mass is 32.2. The fraction of sp³-hybridized carbons (Fsp3) is 0.0556. The standard InChI is InChI=1S/C18H13N3OS/c1-13-17(8-5-9-20-13)22-18-10-15(12-21-16(18)11-19)23-14-6-3-2-4-7-14/h2-10,12H,1H3. The Morgan fingerprint density at radius 3 is 2.57 bits per heavy atom. The number of ether oxygens (including phenoxy) is 1. The van der Waals surface area contributed by atoms with E-state index in [1.165, 1.54) is 0 Å². The molecule has 0 aliphatic rings. The van der Waals surface area contributed by atoms with Crippen LogP contribution in [-0.4, -0.2) is 9.97 Å². The highest BCUT2D eigenvalue weighted by molar-refractivity contribution is 7.99. The second-order valence-corrected chi connectivity index (χ2v) is 5.88. The molecule has 0 fully saturated rings. The number of aryl methyl sites for hydroxylation is 1. The van der Waals surface area contributed by atoms with Gasteiger partial charge in [0.2, 0.25) is 0 Å². The Labute approximate surface area is 138 Å². The molecule has 0 spiro atoms. The first-order valence-corrected chi connectivity index (χ1v) is 7.80. The Balaban J connectivity index is 1.91. The number of aromatic nitrogens is 2. The van der Waals surface area contributed by atoms with E-state index in [1.807, 2.05) is 49.4 Å². The Hall–Kier alpha value is -2.84. The van der Waals surface area contributed by atoms with E-state index in [0.717, 1.165) is 15.5 Å². The lowest BCUT2D eigenvalue weighted by Crippen LogP contribution is -1.94. The molecule has 2 aromatic heterocycles. The van der Waals surface area contributed by atoms with Crippen LogP contribution in [0.2, 0.25) is 0 Å². The van der Waals surface area contributed by atoms with Gasteiger partial charge in [-0.15, -0.1) is 0 Å². The van der Waals surface area contributed by atoms with Gasteiger partial charge in [0.05, 0.1) is 5.69 Å². The van der Waals surface area contributed by atoms with Gasteiger partial charge in [-0.1, -0.05) is 30.0 Å². The van der Waals surface area contributed by atoms with Crippen molar-refractivity contribution in [2.75, 3.05) is 0 Å². The van der Waals surface area contributed by atoms with Crippen LogP contribution in [0.15, 0.2) is 70.7 Å². The van der Waals surface area contributed by atoms with Crippen molar-refractivity contribution in [3.63, 3.8) is 0 Å². The number of hydrogen-bond acceptors (Lipinski definition) is 5. The molecule has 0 unspecified atom stereocenters. The zero-order chi connectivity index (χ0) is 16.1. The van der Waals surface area contributed by atoms with Crippen molar-refractivity contribution in [2.24, 2.45) is 0 Å². The number of hydrogen-bond donors (Lipinski definition) is 0. The van der Waals surface area contributed by atoms with Crippen LogP contribution in [0.3, 0.4) is 0 Å². The molecule has 0 amide bonds. The molecule has 0 N–H and O–H groups in total. The predicted molar refractivity (Wildman–Crippen MR) is 88.6 cm³/mol. The number of pyridine rings is 2. The van der Waals surface area contributed by atoms with Gasteiger partial charge in [0, 0.05) is 22.2 Å². The Kier molecular flexibility index (Phi) is 4.55. The van der Waals surface area contributed by atoms with Crippen LogP contribution in [-0.2, 0) is 0 Å². The molecule has 0 radical (unpaired) electrons. The molecule has 112 valence electrons. The molecular formula is C18H13N3OS. The quantitative estimate of drug-likeness (QED) is 0.703. The lowest BCUT2D eigenvalue weighted by Gasteiger charge is -2.10. The summed E-state index contributed by atoms with van der Waals surface area (Å²) < 4.78 is 5.85. The van der Waals surface area contributed by atoms with E-state index in [0.29, 0.717) is 11.5 Å². The molecule has 0 saturated carbocycles. The Morgan fingerprint density at radius 2 is 1.83 bits per heavy atom. The van der Waals surface area contributed by atoms with E-state index in [1.54, 1.807) is 30.2 Å². The van der Waals surface area contributed by atoms with Crippen molar-refractivity contribution in [1.29, 1.82) is 5.26 Å². The number of nitriles is 1. The van der Waals surface area contributed by atoms with Crippen molar-refractivity contribution in [3.05, 3.63) is 72.3 Å². The van der Waals surface area contributed by atoms with Crippen LogP contribution in [0, 0.1) is 18.3 Å². The Morgan fingerprint density at radius 1 is 1.00 bits per heavy atom. The van der Waals surface area contributed by atoms with Gasteiger partial charge in [-0.25, -0.2) is 4.98 Å². The summed E-state index contributed by atoms with van der Waals surface area (Å²) in [5, 5.41) is 9.23. The van der Waals surface area contributed by atoms with Crippen LogP contribution in [0.5, 0.6) is 11.5 Å². The molecule has 2 heterocycles. The lowest BCUT2D eigenvalue weighted by atomic mass is 10.3. The van der Waals surface area contributed by atoms with Gasteiger partial charge in [-0.2, -0.15) is 5.26 Å². The van der Waals surface area contributed by atoms with Gasteiger partial charge in [0.15, 0.2) is 11.4 Å². The van der Waals surface area contributed by atoms with E-state index >= 15 is 0 Å². The maximum atomic E-state index is 9.23. The van der Waals surface area contributed by atoms with E-state index < -0.39 is 0 Å². The van der Waals surface area contributed by atoms with E-state index in [2.05, 4.69) is 16.0 Å². The number of benzene rings is 1. The van der Waals surface area contributed by atoms with Gasteiger partial charge < -0.3 is 4.74 Å². The summed E-state index contributed by atoms with van der Waals surface area (Å²) in [6.45, 7) is 1.86. The first kappa shape index (κ1) is 15.1. The average Bonchev–Trinajstić information content (AvgIpc) is 2.58. The zero-order valence-electron chi connectivity index (χ0n) is 12.4. The minimum Gasteiger partial charge on any atom is -0.452 e. The third kappa shape index (κ3) is 3.68. The summed E-state index contributed by atoms with van der Waals surface area (Å²) in [7, 11) is 0. The summed E-state index contributed by atoms with van der Waals surface area (Å²) in [5.74, 6) is 1.05. The largest absolute Gasteiger partial charge is 0.452 e. The maximum absolute atomic E-state index is 9.23. The first-order chi connectivity index (χ1) is 11.3. The van der Waals surface area contributed by atoms with Crippen molar-refractivity contribution in [2.45, 2.75) is 16.7 Å². The molecule has 0 atom stereocenters. The minimum atomic E-state index is 0.255. The summed E-state index contributed by atoms with van der Waals surface area (Å²) in [6, 6.07) is 17.5. The highest BCUT2D eigenvalue weighted by Crippen LogP contribution is 2.32. The van der Waals surface area contributed by atoms with Gasteiger partial charge in [-0.05, 0) is 37.3 Å². The predicted octanol–water partition coefficient (Wildman–Crippen LogP) is 4.60. The summed E-state index contributed by atoms with van der Waals surface area (Å²) in [6.07, 6.45) is 3.38. The maximum Gasteiger partial charge on any atom is 0.183 e. The molecular weight excluding hydrogens is 306 g/mol. The SMILES string of the molecule is Cc1ncccc1Oc1cc(Sc2ccccc2)cnc1C#N. The van der Waals surface area contributed by atoms with Crippen LogP contribution in [0.4, 0.5) is 0 Å². The molecule has 4 nitrogen and oxygen atoms in total. The lowest BCUT2D eigenvalue weighted by molar-refractivity contribution is 0.470. The minimum absolute atomic E-state index is 0.255. The third-order valence-electron chi connectivity index (χ3n) is 3.09. The fourth-order valence-electron chi connectivity index (χ4n) is 1.96. The summed E-state index contributed by atoms with van der Waals surface area (Å²) in [4.78, 5) is 10.4. The van der Waals surface area contributed by atoms with E-state index in [-0.39, 0.29) is 5.69 Å². The van der Waals surface area contributed by atoms with Crippen molar-refractivity contribution >= 4 is 11.8 Å². The summed E-state index contributed by atoms with van der Waals surface area (Å²) >= 11 is 1.57. The molecule has 0 aliphatic carbocycles. The molecule has 23 heavy (non-hydrogen) atoms. The normalized spacial score (nSPS) is 10.1. The molecule has 5 heteroatoms. The third-order valence-corrected chi connectivity index (χ3v) is 4.06. The van der Waals surface area contributed by atoms with Crippen molar-refractivity contribution in [3.8, 4) is 17.6 Å².